The Morgan fingerprint density at radius 2 is 2.00 bits per heavy atom. The van der Waals surface area contributed by atoms with Gasteiger partial charge in [0.15, 0.2) is 0 Å². The molecule has 0 aromatic rings. The minimum absolute atomic E-state index is 0.0595. The molecule has 1 fully saturated rings. The molecule has 0 aliphatic heterocycles. The van der Waals surface area contributed by atoms with Crippen molar-refractivity contribution in [2.45, 2.75) is 39.2 Å². The SMILES string of the molecule is CC(C)CC(CN)C(=O)NCC(=O)NC1CC1. The largest absolute Gasteiger partial charge is 0.352 e. The highest BCUT2D eigenvalue weighted by Crippen LogP contribution is 2.18. The molecule has 0 spiro atoms. The third kappa shape index (κ3) is 5.68. The van der Waals surface area contributed by atoms with Gasteiger partial charge in [-0.15, -0.1) is 0 Å². The quantitative estimate of drug-likeness (QED) is 0.586. The molecule has 17 heavy (non-hydrogen) atoms. The lowest BCUT2D eigenvalue weighted by Gasteiger charge is -2.16. The summed E-state index contributed by atoms with van der Waals surface area (Å²) in [5.41, 5.74) is 5.56. The van der Waals surface area contributed by atoms with Crippen LogP contribution in [0.1, 0.15) is 33.1 Å². The number of amides is 2. The predicted molar refractivity (Wildman–Crippen MR) is 66.2 cm³/mol. The Morgan fingerprint density at radius 1 is 1.35 bits per heavy atom. The number of hydrogen-bond acceptors (Lipinski definition) is 3. The molecule has 0 heterocycles. The Labute approximate surface area is 103 Å². The van der Waals surface area contributed by atoms with Crippen LogP contribution in [0, 0.1) is 11.8 Å². The van der Waals surface area contributed by atoms with E-state index in [0.29, 0.717) is 18.5 Å². The van der Waals surface area contributed by atoms with Gasteiger partial charge >= 0.3 is 0 Å². The lowest BCUT2D eigenvalue weighted by atomic mass is 9.96. The summed E-state index contributed by atoms with van der Waals surface area (Å²) in [7, 11) is 0. The van der Waals surface area contributed by atoms with Gasteiger partial charge in [0.25, 0.3) is 0 Å². The van der Waals surface area contributed by atoms with Crippen LogP contribution < -0.4 is 16.4 Å². The number of nitrogens with two attached hydrogens (primary N) is 1. The molecular weight excluding hydrogens is 218 g/mol. The van der Waals surface area contributed by atoms with E-state index >= 15 is 0 Å². The van der Waals surface area contributed by atoms with Gasteiger partial charge in [0.2, 0.25) is 11.8 Å². The van der Waals surface area contributed by atoms with E-state index in [2.05, 4.69) is 24.5 Å². The Hall–Kier alpha value is -1.10. The first kappa shape index (κ1) is 14.0. The summed E-state index contributed by atoms with van der Waals surface area (Å²) < 4.78 is 0. The smallest absolute Gasteiger partial charge is 0.239 e. The molecule has 2 amide bonds. The van der Waals surface area contributed by atoms with Crippen LogP contribution in [0.2, 0.25) is 0 Å². The van der Waals surface area contributed by atoms with Crippen LogP contribution in [0.5, 0.6) is 0 Å². The fourth-order valence-corrected chi connectivity index (χ4v) is 1.70. The molecule has 0 saturated heterocycles. The molecule has 4 N–H and O–H groups in total. The maximum absolute atomic E-state index is 11.7. The van der Waals surface area contributed by atoms with Gasteiger partial charge in [0.05, 0.1) is 12.5 Å². The number of carbonyl (C=O) groups excluding carboxylic acids is 2. The first-order valence-corrected chi connectivity index (χ1v) is 6.30. The fourth-order valence-electron chi connectivity index (χ4n) is 1.70. The van der Waals surface area contributed by atoms with Crippen molar-refractivity contribution in [2.75, 3.05) is 13.1 Å². The number of nitrogens with one attached hydrogen (secondary N) is 2. The van der Waals surface area contributed by atoms with E-state index < -0.39 is 0 Å². The molecule has 5 heteroatoms. The molecule has 1 saturated carbocycles. The lowest BCUT2D eigenvalue weighted by molar-refractivity contribution is -0.128. The molecule has 1 aliphatic rings. The second-order valence-corrected chi connectivity index (χ2v) is 5.12. The van der Waals surface area contributed by atoms with Gasteiger partial charge in [-0.3, -0.25) is 9.59 Å². The van der Waals surface area contributed by atoms with E-state index in [-0.39, 0.29) is 24.3 Å². The third-order valence-electron chi connectivity index (χ3n) is 2.78. The van der Waals surface area contributed by atoms with Crippen molar-refractivity contribution in [2.24, 2.45) is 17.6 Å². The third-order valence-corrected chi connectivity index (χ3v) is 2.78. The second-order valence-electron chi connectivity index (χ2n) is 5.12. The Bertz CT molecular complexity index is 275. The zero-order valence-corrected chi connectivity index (χ0v) is 10.7. The van der Waals surface area contributed by atoms with Crippen molar-refractivity contribution in [1.82, 2.24) is 10.6 Å². The van der Waals surface area contributed by atoms with Gasteiger partial charge in [-0.25, -0.2) is 0 Å². The van der Waals surface area contributed by atoms with Crippen molar-refractivity contribution >= 4 is 11.8 Å². The second kappa shape index (κ2) is 6.59. The van der Waals surface area contributed by atoms with Crippen molar-refractivity contribution in [3.63, 3.8) is 0 Å². The summed E-state index contributed by atoms with van der Waals surface area (Å²) in [6.45, 7) is 4.49. The van der Waals surface area contributed by atoms with E-state index in [4.69, 9.17) is 5.73 Å². The minimum atomic E-state index is -0.191. The van der Waals surface area contributed by atoms with E-state index in [1.165, 1.54) is 0 Å². The van der Waals surface area contributed by atoms with Crippen molar-refractivity contribution in [3.05, 3.63) is 0 Å². The van der Waals surface area contributed by atoms with Crippen LogP contribution in [0.25, 0.3) is 0 Å². The molecule has 1 unspecified atom stereocenters. The average molecular weight is 241 g/mol. The van der Waals surface area contributed by atoms with Crippen molar-refractivity contribution in [1.29, 1.82) is 0 Å². The lowest BCUT2D eigenvalue weighted by Crippen LogP contribution is -2.42. The Morgan fingerprint density at radius 3 is 2.47 bits per heavy atom. The first-order chi connectivity index (χ1) is 8.02. The zero-order chi connectivity index (χ0) is 12.8. The van der Waals surface area contributed by atoms with Gasteiger partial charge in [0, 0.05) is 12.6 Å². The van der Waals surface area contributed by atoms with E-state index in [0.717, 1.165) is 19.3 Å². The Balaban J connectivity index is 2.23. The molecule has 0 aromatic carbocycles. The van der Waals surface area contributed by atoms with Gasteiger partial charge in [-0.1, -0.05) is 13.8 Å². The van der Waals surface area contributed by atoms with Crippen LogP contribution >= 0.6 is 0 Å². The van der Waals surface area contributed by atoms with Gasteiger partial charge in [-0.05, 0) is 25.2 Å². The molecule has 98 valence electrons. The summed E-state index contributed by atoms with van der Waals surface area (Å²) in [6.07, 6.45) is 2.86. The molecule has 5 nitrogen and oxygen atoms in total. The molecule has 0 bridgehead atoms. The maximum Gasteiger partial charge on any atom is 0.239 e. The molecule has 1 rings (SSSR count). The van der Waals surface area contributed by atoms with Gasteiger partial charge < -0.3 is 16.4 Å². The van der Waals surface area contributed by atoms with E-state index in [9.17, 15) is 9.59 Å². The highest BCUT2D eigenvalue weighted by molar-refractivity contribution is 5.86. The molecular formula is C12H23N3O2. The van der Waals surface area contributed by atoms with Crippen molar-refractivity contribution < 1.29 is 9.59 Å². The van der Waals surface area contributed by atoms with Crippen LogP contribution in [-0.4, -0.2) is 30.9 Å². The van der Waals surface area contributed by atoms with Crippen LogP contribution in [0.15, 0.2) is 0 Å². The summed E-state index contributed by atoms with van der Waals surface area (Å²) in [5, 5.41) is 5.46. The van der Waals surface area contributed by atoms with E-state index in [1.54, 1.807) is 0 Å². The van der Waals surface area contributed by atoms with E-state index in [1.807, 2.05) is 0 Å². The van der Waals surface area contributed by atoms with Gasteiger partial charge in [0.1, 0.15) is 0 Å². The van der Waals surface area contributed by atoms with Gasteiger partial charge in [-0.2, -0.15) is 0 Å². The predicted octanol–water partition coefficient (Wildman–Crippen LogP) is 0.00220. The highest BCUT2D eigenvalue weighted by Gasteiger charge is 2.24. The average Bonchev–Trinajstić information content (AvgIpc) is 3.06. The summed E-state index contributed by atoms with van der Waals surface area (Å²) in [6, 6.07) is 0.334. The molecule has 0 radical (unpaired) electrons. The first-order valence-electron chi connectivity index (χ1n) is 6.30. The summed E-state index contributed by atoms with van der Waals surface area (Å²) in [4.78, 5) is 23.1. The Kier molecular flexibility index (Phi) is 5.41. The zero-order valence-electron chi connectivity index (χ0n) is 10.7. The number of hydrogen-bond donors (Lipinski definition) is 3. The topological polar surface area (TPSA) is 84.2 Å². The standard InChI is InChI=1S/C12H23N3O2/c1-8(2)5-9(6-13)12(17)14-7-11(16)15-10-3-4-10/h8-10H,3-7,13H2,1-2H3,(H,14,17)(H,15,16). The fraction of sp³-hybridized carbons (Fsp3) is 0.833. The normalized spacial score (nSPS) is 16.7. The highest BCUT2D eigenvalue weighted by atomic mass is 16.2. The van der Waals surface area contributed by atoms with Crippen LogP contribution in [0.4, 0.5) is 0 Å². The van der Waals surface area contributed by atoms with Crippen LogP contribution in [0.3, 0.4) is 0 Å². The van der Waals surface area contributed by atoms with Crippen molar-refractivity contribution in [3.8, 4) is 0 Å². The minimum Gasteiger partial charge on any atom is -0.352 e. The summed E-state index contributed by atoms with van der Waals surface area (Å²) >= 11 is 0. The number of carbonyl (C=O) groups is 2. The maximum atomic E-state index is 11.7. The molecule has 0 aromatic heterocycles. The number of rotatable bonds is 7. The summed E-state index contributed by atoms with van der Waals surface area (Å²) in [5.74, 6) is 0.00614. The molecule has 1 aliphatic carbocycles. The molecule has 1 atom stereocenters. The van der Waals surface area contributed by atoms with Crippen LogP contribution in [-0.2, 0) is 9.59 Å². The monoisotopic (exact) mass is 241 g/mol.